The molecule has 2 aliphatic rings. The highest BCUT2D eigenvalue weighted by Crippen LogP contribution is 2.40. The summed E-state index contributed by atoms with van der Waals surface area (Å²) in [6, 6.07) is 11.8. The number of rotatable bonds is 1. The van der Waals surface area contributed by atoms with Crippen LogP contribution in [0.4, 0.5) is 0 Å². The van der Waals surface area contributed by atoms with Gasteiger partial charge >= 0.3 is 0 Å². The van der Waals surface area contributed by atoms with E-state index in [-0.39, 0.29) is 11.7 Å². The van der Waals surface area contributed by atoms with Gasteiger partial charge in [-0.05, 0) is 55.3 Å². The van der Waals surface area contributed by atoms with Crippen molar-refractivity contribution in [3.8, 4) is 5.75 Å². The maximum atomic E-state index is 13.2. The Morgan fingerprint density at radius 2 is 1.80 bits per heavy atom. The van der Waals surface area contributed by atoms with Gasteiger partial charge in [0.15, 0.2) is 5.78 Å². The lowest BCUT2D eigenvalue weighted by atomic mass is 9.81. The van der Waals surface area contributed by atoms with E-state index in [4.69, 9.17) is 4.74 Å². The standard InChI is InChI=1S/C25H26N2O3/c1-16-13-20-22(28)15-25(30-23(20)14-17(16)2)8-11-27(12-9-25)24(29)19-5-4-6-21-18(19)7-10-26(21)3/h4-7,10,13-14H,8-9,11-12,15H2,1-3H3. The second-order valence-corrected chi connectivity index (χ2v) is 8.77. The molecule has 1 amide bonds. The van der Waals surface area contributed by atoms with Gasteiger partial charge in [0.1, 0.15) is 11.4 Å². The van der Waals surface area contributed by atoms with E-state index in [0.29, 0.717) is 43.7 Å². The predicted molar refractivity (Wildman–Crippen MR) is 116 cm³/mol. The van der Waals surface area contributed by atoms with E-state index in [2.05, 4.69) is 0 Å². The smallest absolute Gasteiger partial charge is 0.254 e. The van der Waals surface area contributed by atoms with Crippen molar-refractivity contribution in [2.24, 2.45) is 7.05 Å². The number of benzene rings is 2. The summed E-state index contributed by atoms with van der Waals surface area (Å²) in [5.74, 6) is 0.895. The monoisotopic (exact) mass is 402 g/mol. The summed E-state index contributed by atoms with van der Waals surface area (Å²) in [6.45, 7) is 5.24. The normalized spacial score (nSPS) is 17.8. The fourth-order valence-corrected chi connectivity index (χ4v) is 4.80. The number of likely N-dealkylation sites (tertiary alicyclic amines) is 1. The third-order valence-electron chi connectivity index (χ3n) is 6.83. The molecular formula is C25H26N2O3. The molecule has 154 valence electrons. The van der Waals surface area contributed by atoms with Crippen molar-refractivity contribution < 1.29 is 14.3 Å². The fraction of sp³-hybridized carbons (Fsp3) is 0.360. The molecule has 0 radical (unpaired) electrons. The van der Waals surface area contributed by atoms with E-state index in [1.54, 1.807) is 0 Å². The van der Waals surface area contributed by atoms with Crippen molar-refractivity contribution in [2.45, 2.75) is 38.7 Å². The van der Waals surface area contributed by atoms with Crippen molar-refractivity contribution in [2.75, 3.05) is 13.1 Å². The Balaban J connectivity index is 1.36. The number of aryl methyl sites for hydroxylation is 3. The van der Waals surface area contributed by atoms with Gasteiger partial charge in [-0.1, -0.05) is 6.07 Å². The highest BCUT2D eigenvalue weighted by Gasteiger charge is 2.44. The SMILES string of the molecule is Cc1cc2c(cc1C)C(=O)CC1(CCN(C(=O)c3cccc4c3ccn4C)CC1)O2. The number of hydrogen-bond donors (Lipinski definition) is 0. The number of hydrogen-bond acceptors (Lipinski definition) is 3. The summed E-state index contributed by atoms with van der Waals surface area (Å²) in [4.78, 5) is 28.0. The topological polar surface area (TPSA) is 51.5 Å². The molecule has 2 aliphatic heterocycles. The first-order chi connectivity index (χ1) is 14.4. The van der Waals surface area contributed by atoms with E-state index in [0.717, 1.165) is 27.6 Å². The van der Waals surface area contributed by atoms with E-state index in [1.165, 1.54) is 0 Å². The lowest BCUT2D eigenvalue weighted by Gasteiger charge is -2.44. The molecule has 1 spiro atoms. The zero-order valence-corrected chi connectivity index (χ0v) is 17.7. The molecule has 5 heteroatoms. The molecule has 1 saturated heterocycles. The van der Waals surface area contributed by atoms with Crippen LogP contribution in [0.1, 0.15) is 51.1 Å². The van der Waals surface area contributed by atoms with E-state index >= 15 is 0 Å². The fourth-order valence-electron chi connectivity index (χ4n) is 4.80. The largest absolute Gasteiger partial charge is 0.486 e. The Bertz CT molecular complexity index is 1180. The molecule has 2 aromatic carbocycles. The summed E-state index contributed by atoms with van der Waals surface area (Å²) in [5.41, 5.74) is 4.22. The van der Waals surface area contributed by atoms with Gasteiger partial charge in [-0.2, -0.15) is 0 Å². The maximum absolute atomic E-state index is 13.2. The zero-order chi connectivity index (χ0) is 21.0. The Kier molecular flexibility index (Phi) is 4.24. The van der Waals surface area contributed by atoms with Crippen LogP contribution in [0.15, 0.2) is 42.6 Å². The number of Topliss-reactive ketones (excluding diaryl/α,β-unsaturated/α-hetero) is 1. The van der Waals surface area contributed by atoms with E-state index in [9.17, 15) is 9.59 Å². The number of fused-ring (bicyclic) bond motifs is 2. The van der Waals surface area contributed by atoms with Crippen molar-refractivity contribution in [1.29, 1.82) is 0 Å². The highest BCUT2D eigenvalue weighted by atomic mass is 16.5. The van der Waals surface area contributed by atoms with Crippen LogP contribution in [0, 0.1) is 13.8 Å². The lowest BCUT2D eigenvalue weighted by molar-refractivity contribution is -0.00570. The lowest BCUT2D eigenvalue weighted by Crippen LogP contribution is -2.52. The summed E-state index contributed by atoms with van der Waals surface area (Å²) in [6.07, 6.45) is 3.71. The third kappa shape index (κ3) is 2.92. The van der Waals surface area contributed by atoms with E-state index < -0.39 is 5.60 Å². The first-order valence-electron chi connectivity index (χ1n) is 10.5. The minimum Gasteiger partial charge on any atom is -0.486 e. The van der Waals surface area contributed by atoms with Crippen molar-refractivity contribution in [3.63, 3.8) is 0 Å². The van der Waals surface area contributed by atoms with Crippen LogP contribution < -0.4 is 4.74 Å². The molecule has 30 heavy (non-hydrogen) atoms. The first-order valence-corrected chi connectivity index (χ1v) is 10.5. The summed E-state index contributed by atoms with van der Waals surface area (Å²) >= 11 is 0. The molecule has 3 aromatic rings. The molecule has 0 bridgehead atoms. The molecule has 1 aromatic heterocycles. The number of nitrogens with zero attached hydrogens (tertiary/aromatic N) is 2. The molecular weight excluding hydrogens is 376 g/mol. The average molecular weight is 402 g/mol. The Morgan fingerprint density at radius 3 is 2.57 bits per heavy atom. The zero-order valence-electron chi connectivity index (χ0n) is 17.7. The van der Waals surface area contributed by atoms with Crippen LogP contribution in [-0.2, 0) is 7.05 Å². The van der Waals surface area contributed by atoms with E-state index in [1.807, 2.05) is 73.0 Å². The van der Waals surface area contributed by atoms with Crippen LogP contribution in [0.5, 0.6) is 5.75 Å². The van der Waals surface area contributed by atoms with Crippen molar-refractivity contribution >= 4 is 22.6 Å². The number of ketones is 1. The number of ether oxygens (including phenoxy) is 1. The Hall–Kier alpha value is -3.08. The molecule has 5 rings (SSSR count). The minimum absolute atomic E-state index is 0.0515. The van der Waals surface area contributed by atoms with Gasteiger partial charge in [-0.15, -0.1) is 0 Å². The van der Waals surface area contributed by atoms with Gasteiger partial charge in [-0.3, -0.25) is 9.59 Å². The van der Waals surface area contributed by atoms with Gasteiger partial charge in [0, 0.05) is 55.6 Å². The summed E-state index contributed by atoms with van der Waals surface area (Å²) in [7, 11) is 1.99. The molecule has 0 N–H and O–H groups in total. The summed E-state index contributed by atoms with van der Waals surface area (Å²) in [5, 5.41) is 0.981. The number of carbonyl (C=O) groups excluding carboxylic acids is 2. The molecule has 0 saturated carbocycles. The van der Waals surface area contributed by atoms with Gasteiger partial charge in [0.25, 0.3) is 5.91 Å². The number of amides is 1. The third-order valence-corrected chi connectivity index (χ3v) is 6.83. The minimum atomic E-state index is -0.499. The first kappa shape index (κ1) is 18.9. The summed E-state index contributed by atoms with van der Waals surface area (Å²) < 4.78 is 8.44. The van der Waals surface area contributed by atoms with Gasteiger partial charge in [0.2, 0.25) is 0 Å². The Morgan fingerprint density at radius 1 is 1.07 bits per heavy atom. The predicted octanol–water partition coefficient (Wildman–Crippen LogP) is 4.44. The highest BCUT2D eigenvalue weighted by molar-refractivity contribution is 6.06. The molecule has 3 heterocycles. The Labute approximate surface area is 176 Å². The second-order valence-electron chi connectivity index (χ2n) is 8.77. The van der Waals surface area contributed by atoms with Gasteiger partial charge < -0.3 is 14.2 Å². The van der Waals surface area contributed by atoms with Gasteiger partial charge in [-0.25, -0.2) is 0 Å². The molecule has 1 fully saturated rings. The maximum Gasteiger partial charge on any atom is 0.254 e. The van der Waals surface area contributed by atoms with Crippen LogP contribution in [0.3, 0.4) is 0 Å². The number of aromatic nitrogens is 1. The van der Waals surface area contributed by atoms with Crippen LogP contribution in [0.25, 0.3) is 10.9 Å². The molecule has 0 unspecified atom stereocenters. The molecule has 5 nitrogen and oxygen atoms in total. The van der Waals surface area contributed by atoms with Crippen molar-refractivity contribution in [1.82, 2.24) is 9.47 Å². The van der Waals surface area contributed by atoms with Crippen LogP contribution in [0.2, 0.25) is 0 Å². The van der Waals surface area contributed by atoms with Crippen LogP contribution in [-0.4, -0.2) is 39.8 Å². The number of carbonyl (C=O) groups is 2. The van der Waals surface area contributed by atoms with Crippen molar-refractivity contribution in [3.05, 3.63) is 64.8 Å². The van der Waals surface area contributed by atoms with Gasteiger partial charge in [0.05, 0.1) is 12.0 Å². The quantitative estimate of drug-likeness (QED) is 0.605. The molecule has 0 aliphatic carbocycles. The molecule has 0 atom stereocenters. The second kappa shape index (κ2) is 6.73. The van der Waals surface area contributed by atoms with Crippen LogP contribution >= 0.6 is 0 Å². The average Bonchev–Trinajstić information content (AvgIpc) is 3.11. The number of piperidine rings is 1.